The summed E-state index contributed by atoms with van der Waals surface area (Å²) >= 11 is 1.62. The third-order valence-electron chi connectivity index (χ3n) is 2.51. The van der Waals surface area contributed by atoms with Gasteiger partial charge < -0.3 is 10.3 Å². The largest absolute Gasteiger partial charge is 0.338 e. The monoisotopic (exact) mass is 301 g/mol. The van der Waals surface area contributed by atoms with E-state index in [4.69, 9.17) is 10.3 Å². The van der Waals surface area contributed by atoms with Crippen LogP contribution in [0.2, 0.25) is 0 Å². The third-order valence-corrected chi connectivity index (χ3v) is 4.37. The van der Waals surface area contributed by atoms with Gasteiger partial charge in [-0.15, -0.1) is 11.3 Å². The third kappa shape index (κ3) is 4.41. The molecule has 2 heterocycles. The molecule has 0 spiro atoms. The summed E-state index contributed by atoms with van der Waals surface area (Å²) in [6.07, 6.45) is 2.05. The van der Waals surface area contributed by atoms with Crippen molar-refractivity contribution in [2.75, 3.05) is 12.0 Å². The van der Waals surface area contributed by atoms with Crippen molar-refractivity contribution in [2.24, 2.45) is 5.73 Å². The van der Waals surface area contributed by atoms with Crippen LogP contribution in [0.4, 0.5) is 0 Å². The molecule has 0 aliphatic carbocycles. The highest BCUT2D eigenvalue weighted by Crippen LogP contribution is 2.16. The molecule has 0 aliphatic rings. The van der Waals surface area contributed by atoms with Crippen LogP contribution < -0.4 is 5.73 Å². The molecule has 2 aromatic heterocycles. The second-order valence-corrected chi connectivity index (χ2v) is 7.62. The Balaban J connectivity index is 1.96. The minimum atomic E-state index is -3.03. The highest BCUT2D eigenvalue weighted by atomic mass is 32.2. The molecule has 0 fully saturated rings. The van der Waals surface area contributed by atoms with Crippen LogP contribution in [0, 0.1) is 0 Å². The zero-order valence-corrected chi connectivity index (χ0v) is 12.1. The Morgan fingerprint density at radius 1 is 1.53 bits per heavy atom. The van der Waals surface area contributed by atoms with E-state index in [1.807, 2.05) is 17.5 Å². The Bertz CT molecular complexity index is 619. The molecule has 2 N–H and O–H groups in total. The SMILES string of the molecule is CS(=O)(=O)CCC(N)c1nc(Cc2cccs2)no1. The van der Waals surface area contributed by atoms with Crippen molar-refractivity contribution in [3.8, 4) is 0 Å². The second-order valence-electron chi connectivity index (χ2n) is 4.33. The standard InChI is InChI=1S/C11H15N3O3S2/c1-19(15,16)6-4-9(12)11-13-10(14-17-11)7-8-3-2-5-18-8/h2-3,5,9H,4,6-7,12H2,1H3. The van der Waals surface area contributed by atoms with E-state index in [-0.39, 0.29) is 18.1 Å². The Hall–Kier alpha value is -1.25. The quantitative estimate of drug-likeness (QED) is 0.859. The Morgan fingerprint density at radius 3 is 2.95 bits per heavy atom. The lowest BCUT2D eigenvalue weighted by atomic mass is 10.2. The molecule has 8 heteroatoms. The Kier molecular flexibility index (Phi) is 4.33. The van der Waals surface area contributed by atoms with Crippen molar-refractivity contribution < 1.29 is 12.9 Å². The molecule has 2 rings (SSSR count). The topological polar surface area (TPSA) is 99.1 Å². The van der Waals surface area contributed by atoms with Gasteiger partial charge in [-0.2, -0.15) is 4.98 Å². The number of nitrogens with two attached hydrogens (primary N) is 1. The molecule has 1 atom stereocenters. The Morgan fingerprint density at radius 2 is 2.32 bits per heavy atom. The maximum atomic E-state index is 11.1. The van der Waals surface area contributed by atoms with Crippen molar-refractivity contribution in [3.63, 3.8) is 0 Å². The van der Waals surface area contributed by atoms with Gasteiger partial charge in [-0.05, 0) is 17.9 Å². The van der Waals surface area contributed by atoms with Gasteiger partial charge in [0.15, 0.2) is 5.82 Å². The van der Waals surface area contributed by atoms with Crippen LogP contribution >= 0.6 is 11.3 Å². The number of rotatable bonds is 6. The van der Waals surface area contributed by atoms with Gasteiger partial charge in [0, 0.05) is 17.6 Å². The van der Waals surface area contributed by atoms with Crippen LogP contribution in [0.5, 0.6) is 0 Å². The summed E-state index contributed by atoms with van der Waals surface area (Å²) in [7, 11) is -3.03. The average Bonchev–Trinajstić information content (AvgIpc) is 2.97. The van der Waals surface area contributed by atoms with Gasteiger partial charge in [-0.3, -0.25) is 0 Å². The van der Waals surface area contributed by atoms with Crippen LogP contribution in [0.25, 0.3) is 0 Å². The molecule has 0 amide bonds. The first-order chi connectivity index (χ1) is 8.94. The number of sulfone groups is 1. The zero-order chi connectivity index (χ0) is 13.9. The highest BCUT2D eigenvalue weighted by Gasteiger charge is 2.17. The zero-order valence-electron chi connectivity index (χ0n) is 10.4. The van der Waals surface area contributed by atoms with Gasteiger partial charge in [0.1, 0.15) is 9.84 Å². The van der Waals surface area contributed by atoms with Crippen molar-refractivity contribution in [1.82, 2.24) is 10.1 Å². The number of nitrogens with zero attached hydrogens (tertiary/aromatic N) is 2. The number of hydrogen-bond donors (Lipinski definition) is 1. The number of aromatic nitrogens is 2. The fraction of sp³-hybridized carbons (Fsp3) is 0.455. The molecule has 0 bridgehead atoms. The van der Waals surface area contributed by atoms with E-state index < -0.39 is 15.9 Å². The van der Waals surface area contributed by atoms with E-state index in [0.717, 1.165) is 4.88 Å². The first-order valence-corrected chi connectivity index (χ1v) is 8.66. The summed E-state index contributed by atoms with van der Waals surface area (Å²) < 4.78 is 27.2. The van der Waals surface area contributed by atoms with Gasteiger partial charge in [0.25, 0.3) is 0 Å². The first-order valence-electron chi connectivity index (χ1n) is 5.72. The lowest BCUT2D eigenvalue weighted by Crippen LogP contribution is -2.16. The summed E-state index contributed by atoms with van der Waals surface area (Å²) in [5.74, 6) is 0.860. The Labute approximate surface area is 115 Å². The smallest absolute Gasteiger partial charge is 0.243 e. The van der Waals surface area contributed by atoms with E-state index in [2.05, 4.69) is 10.1 Å². The van der Waals surface area contributed by atoms with E-state index in [0.29, 0.717) is 12.2 Å². The fourth-order valence-electron chi connectivity index (χ4n) is 1.52. The van der Waals surface area contributed by atoms with Crippen LogP contribution in [0.1, 0.15) is 29.1 Å². The van der Waals surface area contributed by atoms with E-state index >= 15 is 0 Å². The first kappa shape index (κ1) is 14.2. The molecule has 0 aliphatic heterocycles. The van der Waals surface area contributed by atoms with Crippen LogP contribution in [0.3, 0.4) is 0 Å². The molecule has 2 aromatic rings. The molecule has 1 unspecified atom stereocenters. The van der Waals surface area contributed by atoms with Gasteiger partial charge in [0.2, 0.25) is 5.89 Å². The molecule has 0 saturated heterocycles. The van der Waals surface area contributed by atoms with E-state index in [1.165, 1.54) is 6.26 Å². The fourth-order valence-corrected chi connectivity index (χ4v) is 2.91. The lowest BCUT2D eigenvalue weighted by Gasteiger charge is -2.04. The molecule has 0 aromatic carbocycles. The lowest BCUT2D eigenvalue weighted by molar-refractivity contribution is 0.349. The number of thiophene rings is 1. The summed E-state index contributed by atoms with van der Waals surface area (Å²) in [6.45, 7) is 0. The van der Waals surface area contributed by atoms with Gasteiger partial charge in [-0.1, -0.05) is 11.2 Å². The summed E-state index contributed by atoms with van der Waals surface area (Å²) in [4.78, 5) is 5.33. The van der Waals surface area contributed by atoms with Gasteiger partial charge >= 0.3 is 0 Å². The second kappa shape index (κ2) is 5.81. The van der Waals surface area contributed by atoms with Crippen molar-refractivity contribution in [1.29, 1.82) is 0 Å². The predicted molar refractivity (Wildman–Crippen MR) is 72.7 cm³/mol. The summed E-state index contributed by atoms with van der Waals surface area (Å²) in [6, 6.07) is 3.41. The van der Waals surface area contributed by atoms with Crippen molar-refractivity contribution in [3.05, 3.63) is 34.1 Å². The molecular weight excluding hydrogens is 286 g/mol. The van der Waals surface area contributed by atoms with Crippen molar-refractivity contribution >= 4 is 21.2 Å². The minimum Gasteiger partial charge on any atom is -0.338 e. The van der Waals surface area contributed by atoms with Crippen molar-refractivity contribution in [2.45, 2.75) is 18.9 Å². The molecular formula is C11H15N3O3S2. The number of hydrogen-bond acceptors (Lipinski definition) is 7. The maximum absolute atomic E-state index is 11.1. The normalized spacial score (nSPS) is 13.6. The van der Waals surface area contributed by atoms with E-state index in [9.17, 15) is 8.42 Å². The molecule has 19 heavy (non-hydrogen) atoms. The van der Waals surface area contributed by atoms with E-state index in [1.54, 1.807) is 11.3 Å². The van der Waals surface area contributed by atoms with Gasteiger partial charge in [-0.25, -0.2) is 8.42 Å². The van der Waals surface area contributed by atoms with Crippen LogP contribution in [0.15, 0.2) is 22.0 Å². The molecule has 0 radical (unpaired) electrons. The predicted octanol–water partition coefficient (Wildman–Crippen LogP) is 1.16. The molecule has 104 valence electrons. The van der Waals surface area contributed by atoms with Crippen LogP contribution in [-0.2, 0) is 16.3 Å². The highest BCUT2D eigenvalue weighted by molar-refractivity contribution is 7.90. The molecule has 0 saturated carbocycles. The summed E-state index contributed by atoms with van der Waals surface area (Å²) in [5.41, 5.74) is 5.83. The maximum Gasteiger partial charge on any atom is 0.243 e. The minimum absolute atomic E-state index is 0.0107. The van der Waals surface area contributed by atoms with Gasteiger partial charge in [0.05, 0.1) is 11.8 Å². The average molecular weight is 301 g/mol. The summed E-state index contributed by atoms with van der Waals surface area (Å²) in [5, 5.41) is 5.83. The van der Waals surface area contributed by atoms with Crippen LogP contribution in [-0.4, -0.2) is 30.6 Å². The molecule has 6 nitrogen and oxygen atoms in total.